The van der Waals surface area contributed by atoms with Crippen LogP contribution in [0.3, 0.4) is 0 Å². The smallest absolute Gasteiger partial charge is 0.234 e. The summed E-state index contributed by atoms with van der Waals surface area (Å²) in [5, 5.41) is 13.3. The quantitative estimate of drug-likeness (QED) is 0.720. The molecule has 0 saturated carbocycles. The summed E-state index contributed by atoms with van der Waals surface area (Å²) in [6.07, 6.45) is 0.867. The number of rotatable bonds is 6. The zero-order valence-corrected chi connectivity index (χ0v) is 18.9. The molecule has 2 N–H and O–H groups in total. The van der Waals surface area contributed by atoms with Gasteiger partial charge < -0.3 is 24.8 Å². The third-order valence-electron chi connectivity index (χ3n) is 6.08. The van der Waals surface area contributed by atoms with Crippen molar-refractivity contribution in [1.82, 2.24) is 10.2 Å². The number of ether oxygens (including phenoxy) is 2. The predicted molar refractivity (Wildman–Crippen MR) is 125 cm³/mol. The molecule has 2 aliphatic heterocycles. The number of phenols is 1. The van der Waals surface area contributed by atoms with E-state index in [0.29, 0.717) is 25.5 Å². The van der Waals surface area contributed by atoms with Crippen LogP contribution in [0.15, 0.2) is 42.5 Å². The standard InChI is InChI=1S/C25H33N3O4/c1-18(2)25(19-8-9-22-23(16-19)32-15-5-14-31-22)26-24(30)17-27-10-12-28(13-11-27)20-6-3-4-7-21(20)29/h3-4,6-9,16,18,25,29H,5,10-15,17H2,1-2H3,(H,26,30). The minimum Gasteiger partial charge on any atom is -0.506 e. The average molecular weight is 440 g/mol. The monoisotopic (exact) mass is 439 g/mol. The summed E-state index contributed by atoms with van der Waals surface area (Å²) in [4.78, 5) is 17.2. The first-order valence-electron chi connectivity index (χ1n) is 11.5. The highest BCUT2D eigenvalue weighted by Crippen LogP contribution is 2.34. The van der Waals surface area contributed by atoms with Crippen LogP contribution in [-0.4, -0.2) is 61.9 Å². The molecule has 7 heteroatoms. The fourth-order valence-corrected chi connectivity index (χ4v) is 4.31. The minimum atomic E-state index is -0.0952. The van der Waals surface area contributed by atoms with E-state index in [1.54, 1.807) is 6.07 Å². The van der Waals surface area contributed by atoms with Gasteiger partial charge in [0.15, 0.2) is 11.5 Å². The van der Waals surface area contributed by atoms with Gasteiger partial charge in [0, 0.05) is 32.6 Å². The molecule has 2 aromatic rings. The number of benzene rings is 2. The Hall–Kier alpha value is -2.93. The molecule has 1 atom stereocenters. The van der Waals surface area contributed by atoms with Gasteiger partial charge >= 0.3 is 0 Å². The summed E-state index contributed by atoms with van der Waals surface area (Å²) in [6.45, 7) is 8.99. The molecule has 1 fully saturated rings. The van der Waals surface area contributed by atoms with E-state index in [-0.39, 0.29) is 17.9 Å². The molecule has 0 radical (unpaired) electrons. The lowest BCUT2D eigenvalue weighted by Crippen LogP contribution is -2.50. The zero-order valence-electron chi connectivity index (χ0n) is 18.9. The van der Waals surface area contributed by atoms with Crippen LogP contribution in [0.5, 0.6) is 17.2 Å². The summed E-state index contributed by atoms with van der Waals surface area (Å²) in [7, 11) is 0. The molecule has 0 aliphatic carbocycles. The molecule has 32 heavy (non-hydrogen) atoms. The molecule has 0 spiro atoms. The largest absolute Gasteiger partial charge is 0.506 e. The van der Waals surface area contributed by atoms with E-state index in [9.17, 15) is 9.90 Å². The van der Waals surface area contributed by atoms with Crippen LogP contribution >= 0.6 is 0 Å². The average Bonchev–Trinajstić information content (AvgIpc) is 3.03. The second-order valence-electron chi connectivity index (χ2n) is 8.80. The van der Waals surface area contributed by atoms with E-state index in [2.05, 4.69) is 29.0 Å². The lowest BCUT2D eigenvalue weighted by atomic mass is 9.95. The Bertz CT molecular complexity index is 925. The van der Waals surface area contributed by atoms with Gasteiger partial charge in [-0.05, 0) is 35.7 Å². The minimum absolute atomic E-state index is 0.0202. The van der Waals surface area contributed by atoms with E-state index in [0.717, 1.165) is 55.3 Å². The van der Waals surface area contributed by atoms with Gasteiger partial charge in [-0.3, -0.25) is 9.69 Å². The van der Waals surface area contributed by atoms with Gasteiger partial charge in [-0.25, -0.2) is 0 Å². The number of nitrogens with zero attached hydrogens (tertiary/aromatic N) is 2. The number of nitrogens with one attached hydrogen (secondary N) is 1. The molecule has 1 unspecified atom stereocenters. The number of piperazine rings is 1. The molecule has 7 nitrogen and oxygen atoms in total. The highest BCUT2D eigenvalue weighted by molar-refractivity contribution is 5.78. The van der Waals surface area contributed by atoms with Crippen molar-refractivity contribution < 1.29 is 19.4 Å². The van der Waals surface area contributed by atoms with E-state index in [1.807, 2.05) is 36.4 Å². The maximum Gasteiger partial charge on any atom is 0.234 e. The Morgan fingerprint density at radius 1 is 1.03 bits per heavy atom. The normalized spacial score (nSPS) is 17.7. The lowest BCUT2D eigenvalue weighted by Gasteiger charge is -2.36. The van der Waals surface area contributed by atoms with Gasteiger partial charge in [-0.15, -0.1) is 0 Å². The first kappa shape index (κ1) is 22.3. The molecular formula is C25H33N3O4. The molecule has 2 heterocycles. The van der Waals surface area contributed by atoms with Gasteiger partial charge in [0.25, 0.3) is 0 Å². The summed E-state index contributed by atoms with van der Waals surface area (Å²) in [5.41, 5.74) is 1.88. The van der Waals surface area contributed by atoms with Crippen molar-refractivity contribution in [3.63, 3.8) is 0 Å². The number of hydrogen-bond donors (Lipinski definition) is 2. The number of fused-ring (bicyclic) bond motifs is 1. The van der Waals surface area contributed by atoms with E-state index >= 15 is 0 Å². The zero-order chi connectivity index (χ0) is 22.5. The van der Waals surface area contributed by atoms with Crippen molar-refractivity contribution in [3.8, 4) is 17.2 Å². The van der Waals surface area contributed by atoms with Crippen LogP contribution in [0.4, 0.5) is 5.69 Å². The van der Waals surface area contributed by atoms with Crippen LogP contribution in [0, 0.1) is 5.92 Å². The van der Waals surface area contributed by atoms with Crippen molar-refractivity contribution in [2.45, 2.75) is 26.3 Å². The first-order valence-corrected chi connectivity index (χ1v) is 11.5. The SMILES string of the molecule is CC(C)C(NC(=O)CN1CCN(c2ccccc2O)CC1)c1ccc2c(c1)OCCCO2. The molecule has 1 amide bonds. The third kappa shape index (κ3) is 5.27. The van der Waals surface area contributed by atoms with Crippen molar-refractivity contribution in [1.29, 1.82) is 0 Å². The summed E-state index contributed by atoms with van der Waals surface area (Å²) < 4.78 is 11.6. The molecule has 2 aliphatic rings. The molecular weight excluding hydrogens is 406 g/mol. The van der Waals surface area contributed by atoms with E-state index in [1.165, 1.54) is 0 Å². The molecule has 0 aromatic heterocycles. The number of anilines is 1. The highest BCUT2D eigenvalue weighted by atomic mass is 16.5. The summed E-state index contributed by atoms with van der Waals surface area (Å²) >= 11 is 0. The van der Waals surface area contributed by atoms with Crippen molar-refractivity contribution in [3.05, 3.63) is 48.0 Å². The van der Waals surface area contributed by atoms with Crippen molar-refractivity contribution >= 4 is 11.6 Å². The molecule has 172 valence electrons. The topological polar surface area (TPSA) is 74.3 Å². The van der Waals surface area contributed by atoms with E-state index in [4.69, 9.17) is 9.47 Å². The Morgan fingerprint density at radius 3 is 2.47 bits per heavy atom. The van der Waals surface area contributed by atoms with Gasteiger partial charge in [-0.1, -0.05) is 32.0 Å². The van der Waals surface area contributed by atoms with Gasteiger partial charge in [0.1, 0.15) is 5.75 Å². The van der Waals surface area contributed by atoms with Gasteiger partial charge in [-0.2, -0.15) is 0 Å². The summed E-state index contributed by atoms with van der Waals surface area (Å²) in [5.74, 6) is 2.07. The fraction of sp³-hybridized carbons (Fsp3) is 0.480. The second-order valence-corrected chi connectivity index (χ2v) is 8.80. The second kappa shape index (κ2) is 10.1. The Morgan fingerprint density at radius 2 is 1.75 bits per heavy atom. The number of amides is 1. The number of para-hydroxylation sites is 2. The molecule has 1 saturated heterocycles. The first-order chi connectivity index (χ1) is 15.5. The third-order valence-corrected chi connectivity index (χ3v) is 6.08. The highest BCUT2D eigenvalue weighted by Gasteiger charge is 2.24. The van der Waals surface area contributed by atoms with Gasteiger partial charge in [0.05, 0.1) is 31.5 Å². The van der Waals surface area contributed by atoms with Crippen LogP contribution in [0.1, 0.15) is 31.9 Å². The predicted octanol–water partition coefficient (Wildman–Crippen LogP) is 3.19. The number of aromatic hydroxyl groups is 1. The fourth-order valence-electron chi connectivity index (χ4n) is 4.31. The number of phenolic OH excluding ortho intramolecular Hbond substituents is 1. The molecule has 0 bridgehead atoms. The van der Waals surface area contributed by atoms with Crippen molar-refractivity contribution in [2.75, 3.05) is 50.8 Å². The number of carbonyl (C=O) groups is 1. The Labute approximate surface area is 189 Å². The maximum absolute atomic E-state index is 12.9. The van der Waals surface area contributed by atoms with E-state index < -0.39 is 0 Å². The number of carbonyl (C=O) groups excluding carboxylic acids is 1. The Kier molecular flexibility index (Phi) is 7.05. The molecule has 4 rings (SSSR count). The van der Waals surface area contributed by atoms with Crippen molar-refractivity contribution in [2.24, 2.45) is 5.92 Å². The summed E-state index contributed by atoms with van der Waals surface area (Å²) in [6, 6.07) is 13.3. The van der Waals surface area contributed by atoms with Gasteiger partial charge in [0.2, 0.25) is 5.91 Å². The molecule has 2 aromatic carbocycles. The van der Waals surface area contributed by atoms with Crippen LogP contribution in [0.25, 0.3) is 0 Å². The van der Waals surface area contributed by atoms with Crippen LogP contribution in [0.2, 0.25) is 0 Å². The number of hydrogen-bond acceptors (Lipinski definition) is 6. The van der Waals surface area contributed by atoms with Crippen LogP contribution < -0.4 is 19.7 Å². The lowest BCUT2D eigenvalue weighted by molar-refractivity contribution is -0.123. The maximum atomic E-state index is 12.9. The van der Waals surface area contributed by atoms with Crippen LogP contribution in [-0.2, 0) is 4.79 Å². The Balaban J connectivity index is 1.34.